The number of piperidine rings is 2. The molecule has 152 valence electrons. The summed E-state index contributed by atoms with van der Waals surface area (Å²) in [6, 6.07) is 17.2. The highest BCUT2D eigenvalue weighted by molar-refractivity contribution is 6.00. The number of ketones is 1. The molecule has 0 aromatic heterocycles. The topological polar surface area (TPSA) is 55.8 Å². The predicted molar refractivity (Wildman–Crippen MR) is 110 cm³/mol. The first-order valence-electron chi connectivity index (χ1n) is 10.3. The second kappa shape index (κ2) is 8.68. The van der Waals surface area contributed by atoms with Crippen molar-refractivity contribution in [2.45, 2.75) is 50.8 Å². The molecule has 1 amide bonds. The fraction of sp³-hybridized carbons (Fsp3) is 0.417. The Kier molecular flexibility index (Phi) is 5.84. The smallest absolute Gasteiger partial charge is 0.410 e. The molecule has 2 aromatic rings. The number of carbonyl (C=O) groups excluding carboxylic acids is 2. The van der Waals surface area contributed by atoms with E-state index in [4.69, 9.17) is 9.47 Å². The van der Waals surface area contributed by atoms with E-state index >= 15 is 0 Å². The van der Waals surface area contributed by atoms with Gasteiger partial charge in [0.1, 0.15) is 12.4 Å². The number of hydrogen-bond donors (Lipinski definition) is 0. The van der Waals surface area contributed by atoms with Crippen LogP contribution in [0.5, 0.6) is 5.75 Å². The Morgan fingerprint density at radius 3 is 2.31 bits per heavy atom. The fourth-order valence-corrected chi connectivity index (χ4v) is 4.76. The molecule has 2 aliphatic heterocycles. The van der Waals surface area contributed by atoms with E-state index in [9.17, 15) is 9.59 Å². The van der Waals surface area contributed by atoms with E-state index in [0.29, 0.717) is 24.2 Å². The van der Waals surface area contributed by atoms with Crippen LogP contribution in [0.1, 0.15) is 48.0 Å². The second-order valence-electron chi connectivity index (χ2n) is 7.92. The summed E-state index contributed by atoms with van der Waals surface area (Å²) in [5.41, 5.74) is 1.62. The van der Waals surface area contributed by atoms with E-state index in [2.05, 4.69) is 0 Å². The quantitative estimate of drug-likeness (QED) is 0.682. The Hall–Kier alpha value is -2.82. The number of fused-ring (bicyclic) bond motifs is 2. The lowest BCUT2D eigenvalue weighted by Crippen LogP contribution is -2.55. The number of methoxy groups -OCH3 is 1. The molecule has 5 heteroatoms. The van der Waals surface area contributed by atoms with Crippen LogP contribution in [0, 0.1) is 5.92 Å². The van der Waals surface area contributed by atoms with Crippen molar-refractivity contribution in [1.29, 1.82) is 0 Å². The Balaban J connectivity index is 1.45. The van der Waals surface area contributed by atoms with E-state index in [0.717, 1.165) is 24.8 Å². The molecule has 5 nitrogen and oxygen atoms in total. The summed E-state index contributed by atoms with van der Waals surface area (Å²) in [4.78, 5) is 27.9. The molecule has 0 aliphatic carbocycles. The van der Waals surface area contributed by atoms with Crippen LogP contribution in [0.15, 0.2) is 54.6 Å². The Labute approximate surface area is 171 Å². The molecule has 2 saturated heterocycles. The second-order valence-corrected chi connectivity index (χ2v) is 7.92. The van der Waals surface area contributed by atoms with Crippen molar-refractivity contribution >= 4 is 11.9 Å². The van der Waals surface area contributed by atoms with Crippen molar-refractivity contribution < 1.29 is 19.1 Å². The van der Waals surface area contributed by atoms with Gasteiger partial charge in [0.15, 0.2) is 5.78 Å². The molecule has 0 saturated carbocycles. The molecule has 2 atom stereocenters. The average Bonchev–Trinajstić information content (AvgIpc) is 2.76. The molecule has 2 heterocycles. The first kappa shape index (κ1) is 19.5. The van der Waals surface area contributed by atoms with Gasteiger partial charge in [-0.15, -0.1) is 0 Å². The molecule has 2 aromatic carbocycles. The summed E-state index contributed by atoms with van der Waals surface area (Å²) in [5, 5.41) is 0. The van der Waals surface area contributed by atoms with Gasteiger partial charge < -0.3 is 14.4 Å². The molecule has 29 heavy (non-hydrogen) atoms. The molecular formula is C24H27NO4. The van der Waals surface area contributed by atoms with Gasteiger partial charge in [0.25, 0.3) is 0 Å². The lowest BCUT2D eigenvalue weighted by molar-refractivity contribution is 0.00467. The van der Waals surface area contributed by atoms with E-state index in [1.165, 1.54) is 0 Å². The van der Waals surface area contributed by atoms with Crippen LogP contribution in [-0.2, 0) is 11.3 Å². The molecule has 2 fully saturated rings. The molecule has 4 rings (SSSR count). The van der Waals surface area contributed by atoms with Crippen LogP contribution in [0.3, 0.4) is 0 Å². The maximum Gasteiger partial charge on any atom is 0.410 e. The van der Waals surface area contributed by atoms with Crippen LogP contribution in [-0.4, -0.2) is 36.0 Å². The lowest BCUT2D eigenvalue weighted by atomic mass is 9.75. The number of ether oxygens (including phenoxy) is 2. The molecule has 0 N–H and O–H groups in total. The molecule has 2 aliphatic rings. The third-order valence-corrected chi connectivity index (χ3v) is 6.13. The third-order valence-electron chi connectivity index (χ3n) is 6.13. The summed E-state index contributed by atoms with van der Waals surface area (Å²) in [7, 11) is 1.59. The predicted octanol–water partition coefficient (Wildman–Crippen LogP) is 4.85. The van der Waals surface area contributed by atoms with Gasteiger partial charge in [-0.25, -0.2) is 4.79 Å². The maximum atomic E-state index is 13.2. The fourth-order valence-electron chi connectivity index (χ4n) is 4.76. The number of hydrogen-bond acceptors (Lipinski definition) is 4. The highest BCUT2D eigenvalue weighted by atomic mass is 16.6. The zero-order chi connectivity index (χ0) is 20.2. The minimum atomic E-state index is -0.258. The first-order valence-corrected chi connectivity index (χ1v) is 10.3. The number of amides is 1. The lowest BCUT2D eigenvalue weighted by Gasteiger charge is -2.47. The van der Waals surface area contributed by atoms with Crippen molar-refractivity contribution in [2.75, 3.05) is 7.11 Å². The number of nitrogens with zero attached hydrogens (tertiary/aromatic N) is 1. The minimum Gasteiger partial charge on any atom is -0.496 e. The van der Waals surface area contributed by atoms with Crippen LogP contribution in [0.4, 0.5) is 4.79 Å². The van der Waals surface area contributed by atoms with Crippen LogP contribution >= 0.6 is 0 Å². The van der Waals surface area contributed by atoms with Crippen molar-refractivity contribution in [1.82, 2.24) is 4.90 Å². The van der Waals surface area contributed by atoms with E-state index < -0.39 is 0 Å². The number of Topliss-reactive ketones (excluding diaryl/α,β-unsaturated/α-hetero) is 1. The van der Waals surface area contributed by atoms with Crippen molar-refractivity contribution in [3.63, 3.8) is 0 Å². The van der Waals surface area contributed by atoms with Gasteiger partial charge in [0.2, 0.25) is 0 Å². The maximum absolute atomic E-state index is 13.2. The number of rotatable bonds is 5. The Morgan fingerprint density at radius 2 is 1.62 bits per heavy atom. The normalized spacial score (nSPS) is 23.3. The highest BCUT2D eigenvalue weighted by Crippen LogP contribution is 2.39. The number of benzene rings is 2. The van der Waals surface area contributed by atoms with E-state index in [-0.39, 0.29) is 36.5 Å². The largest absolute Gasteiger partial charge is 0.496 e. The average molecular weight is 393 g/mol. The van der Waals surface area contributed by atoms with Gasteiger partial charge >= 0.3 is 6.09 Å². The summed E-state index contributed by atoms with van der Waals surface area (Å²) in [6.07, 6.45) is 4.06. The van der Waals surface area contributed by atoms with Gasteiger partial charge in [-0.2, -0.15) is 0 Å². The summed E-state index contributed by atoms with van der Waals surface area (Å²) in [6.45, 7) is 0.277. The molecule has 0 spiro atoms. The number of carbonyl (C=O) groups is 2. The summed E-state index contributed by atoms with van der Waals surface area (Å²) < 4.78 is 11.0. The Bertz CT molecular complexity index is 852. The highest BCUT2D eigenvalue weighted by Gasteiger charge is 2.44. The van der Waals surface area contributed by atoms with E-state index in [1.807, 2.05) is 59.5 Å². The summed E-state index contributed by atoms with van der Waals surface area (Å²) in [5.74, 6) is 0.656. The minimum absolute atomic E-state index is 0.0643. The SMILES string of the molecule is COc1ccccc1C(=O)C1CC2CCCC(C1)N2C(=O)OCc1ccccc1. The van der Waals surface area contributed by atoms with Gasteiger partial charge in [-0.1, -0.05) is 42.5 Å². The van der Waals surface area contributed by atoms with Crippen molar-refractivity contribution in [2.24, 2.45) is 5.92 Å². The van der Waals surface area contributed by atoms with Gasteiger partial charge in [-0.05, 0) is 49.8 Å². The van der Waals surface area contributed by atoms with Gasteiger partial charge in [0.05, 0.1) is 12.7 Å². The molecule has 0 radical (unpaired) electrons. The van der Waals surface area contributed by atoms with Crippen molar-refractivity contribution in [3.8, 4) is 5.75 Å². The zero-order valence-corrected chi connectivity index (χ0v) is 16.8. The van der Waals surface area contributed by atoms with Gasteiger partial charge in [-0.3, -0.25) is 4.79 Å². The molecule has 2 unspecified atom stereocenters. The van der Waals surface area contributed by atoms with Crippen LogP contribution in [0.2, 0.25) is 0 Å². The van der Waals surface area contributed by atoms with Crippen LogP contribution in [0.25, 0.3) is 0 Å². The molecular weight excluding hydrogens is 366 g/mol. The monoisotopic (exact) mass is 393 g/mol. The standard InChI is InChI=1S/C24H27NO4/c1-28-22-13-6-5-12-21(22)23(26)18-14-19-10-7-11-20(15-18)25(19)24(27)29-16-17-8-3-2-4-9-17/h2-6,8-9,12-13,18-20H,7,10-11,14-16H2,1H3. The Morgan fingerprint density at radius 1 is 0.966 bits per heavy atom. The van der Waals surface area contributed by atoms with Gasteiger partial charge in [0, 0.05) is 18.0 Å². The van der Waals surface area contributed by atoms with Crippen molar-refractivity contribution in [3.05, 3.63) is 65.7 Å². The summed E-state index contributed by atoms with van der Waals surface area (Å²) >= 11 is 0. The van der Waals surface area contributed by atoms with E-state index in [1.54, 1.807) is 7.11 Å². The molecule has 2 bridgehead atoms. The first-order chi connectivity index (χ1) is 14.2. The number of para-hydroxylation sites is 1. The zero-order valence-electron chi connectivity index (χ0n) is 16.8. The third kappa shape index (κ3) is 4.14. The van der Waals surface area contributed by atoms with Crippen LogP contribution < -0.4 is 4.74 Å².